The van der Waals surface area contributed by atoms with E-state index < -0.39 is 5.95 Å². The summed E-state index contributed by atoms with van der Waals surface area (Å²) in [5, 5.41) is 1.06. The Morgan fingerprint density at radius 3 is 2.39 bits per heavy atom. The molecule has 0 amide bonds. The van der Waals surface area contributed by atoms with E-state index in [1.54, 1.807) is 19.1 Å². The molecule has 0 spiro atoms. The van der Waals surface area contributed by atoms with Gasteiger partial charge in [0.1, 0.15) is 0 Å². The van der Waals surface area contributed by atoms with Crippen molar-refractivity contribution in [2.45, 2.75) is 6.92 Å². The summed E-state index contributed by atoms with van der Waals surface area (Å²) in [6.07, 6.45) is 0. The lowest BCUT2D eigenvalue weighted by Crippen LogP contribution is -1.93. The highest BCUT2D eigenvalue weighted by Crippen LogP contribution is 2.20. The molecular formula is C15H11FN2. The number of hydrogen-bond acceptors (Lipinski definition) is 2. The van der Waals surface area contributed by atoms with E-state index in [0.717, 1.165) is 10.9 Å². The van der Waals surface area contributed by atoms with Gasteiger partial charge >= 0.3 is 0 Å². The van der Waals surface area contributed by atoms with Crippen LogP contribution in [0.5, 0.6) is 0 Å². The van der Waals surface area contributed by atoms with Crippen LogP contribution in [0, 0.1) is 12.9 Å². The molecule has 2 nitrogen and oxygen atoms in total. The van der Waals surface area contributed by atoms with Gasteiger partial charge in [-0.3, -0.25) is 0 Å². The molecule has 0 saturated carbocycles. The number of pyridine rings is 2. The second kappa shape index (κ2) is 4.18. The van der Waals surface area contributed by atoms with E-state index in [4.69, 9.17) is 0 Å². The molecule has 2 heterocycles. The lowest BCUT2D eigenvalue weighted by molar-refractivity contribution is 0.576. The average molecular weight is 238 g/mol. The third-order valence-corrected chi connectivity index (χ3v) is 2.90. The minimum absolute atomic E-state index is 0.442. The summed E-state index contributed by atoms with van der Waals surface area (Å²) < 4.78 is 13.4. The Labute approximate surface area is 104 Å². The molecule has 3 heteroatoms. The van der Waals surface area contributed by atoms with Crippen molar-refractivity contribution in [1.82, 2.24) is 9.97 Å². The van der Waals surface area contributed by atoms with Crippen LogP contribution in [0.4, 0.5) is 4.39 Å². The number of fused-ring (bicyclic) bond motifs is 1. The van der Waals surface area contributed by atoms with Crippen LogP contribution in [-0.2, 0) is 0 Å². The molecule has 1 aromatic carbocycles. The number of nitrogens with zero attached hydrogens (tertiary/aromatic N) is 2. The molecule has 0 aliphatic carbocycles. The first-order valence-electron chi connectivity index (χ1n) is 5.73. The number of benzene rings is 1. The number of aromatic nitrogens is 2. The molecule has 0 unspecified atom stereocenters. The molecule has 0 N–H and O–H groups in total. The van der Waals surface area contributed by atoms with Gasteiger partial charge in [0.15, 0.2) is 0 Å². The Kier molecular flexibility index (Phi) is 2.52. The maximum Gasteiger partial charge on any atom is 0.216 e. The van der Waals surface area contributed by atoms with Gasteiger partial charge < -0.3 is 0 Å². The lowest BCUT2D eigenvalue weighted by atomic mass is 10.1. The molecular weight excluding hydrogens is 227 g/mol. The summed E-state index contributed by atoms with van der Waals surface area (Å²) in [7, 11) is 0. The van der Waals surface area contributed by atoms with E-state index in [1.807, 2.05) is 36.4 Å². The van der Waals surface area contributed by atoms with E-state index in [9.17, 15) is 4.39 Å². The molecule has 0 aliphatic rings. The number of para-hydroxylation sites is 1. The maximum atomic E-state index is 13.4. The van der Waals surface area contributed by atoms with Crippen molar-refractivity contribution in [2.75, 3.05) is 0 Å². The fourth-order valence-corrected chi connectivity index (χ4v) is 1.86. The summed E-state index contributed by atoms with van der Waals surface area (Å²) >= 11 is 0. The Bertz CT molecular complexity index is 723. The molecule has 2 aromatic heterocycles. The van der Waals surface area contributed by atoms with Gasteiger partial charge in [-0.25, -0.2) is 9.97 Å². The van der Waals surface area contributed by atoms with Crippen molar-refractivity contribution in [3.05, 3.63) is 60.0 Å². The van der Waals surface area contributed by atoms with Gasteiger partial charge in [-0.2, -0.15) is 4.39 Å². The van der Waals surface area contributed by atoms with Crippen LogP contribution in [0.25, 0.3) is 22.3 Å². The van der Waals surface area contributed by atoms with Crippen molar-refractivity contribution in [1.29, 1.82) is 0 Å². The van der Waals surface area contributed by atoms with Crippen LogP contribution in [-0.4, -0.2) is 9.97 Å². The van der Waals surface area contributed by atoms with Crippen molar-refractivity contribution in [3.8, 4) is 11.4 Å². The first-order chi connectivity index (χ1) is 8.74. The van der Waals surface area contributed by atoms with Crippen molar-refractivity contribution < 1.29 is 4.39 Å². The molecule has 0 saturated heterocycles. The Balaban J connectivity index is 2.16. The molecule has 0 atom stereocenters. The number of aryl methyl sites for hydroxylation is 1. The zero-order valence-corrected chi connectivity index (χ0v) is 9.89. The topological polar surface area (TPSA) is 25.8 Å². The first-order valence-corrected chi connectivity index (χ1v) is 5.73. The summed E-state index contributed by atoms with van der Waals surface area (Å²) in [4.78, 5) is 8.41. The van der Waals surface area contributed by atoms with E-state index >= 15 is 0 Å². The van der Waals surface area contributed by atoms with Gasteiger partial charge in [0, 0.05) is 10.9 Å². The predicted octanol–water partition coefficient (Wildman–Crippen LogP) is 3.74. The van der Waals surface area contributed by atoms with Crippen molar-refractivity contribution in [2.24, 2.45) is 0 Å². The van der Waals surface area contributed by atoms with Crippen LogP contribution >= 0.6 is 0 Å². The fraction of sp³-hybridized carbons (Fsp3) is 0.0667. The third kappa shape index (κ3) is 1.84. The monoisotopic (exact) mass is 238 g/mol. The summed E-state index contributed by atoms with van der Waals surface area (Å²) in [5.41, 5.74) is 2.67. The van der Waals surface area contributed by atoms with Crippen LogP contribution in [0.1, 0.15) is 5.56 Å². The number of hydrogen-bond donors (Lipinski definition) is 0. The largest absolute Gasteiger partial charge is 0.246 e. The predicted molar refractivity (Wildman–Crippen MR) is 69.7 cm³/mol. The van der Waals surface area contributed by atoms with Crippen LogP contribution < -0.4 is 0 Å². The Morgan fingerprint density at radius 1 is 0.833 bits per heavy atom. The standard InChI is InChI=1S/C15H11FN2/c1-10-6-8-14(18-15(10)16)13-9-7-11-4-2-3-5-12(11)17-13/h2-9H,1H3. The summed E-state index contributed by atoms with van der Waals surface area (Å²) in [6, 6.07) is 15.2. The van der Waals surface area contributed by atoms with Gasteiger partial charge in [0.2, 0.25) is 5.95 Å². The second-order valence-corrected chi connectivity index (χ2v) is 4.19. The van der Waals surface area contributed by atoms with Crippen molar-refractivity contribution in [3.63, 3.8) is 0 Å². The minimum atomic E-state index is -0.442. The van der Waals surface area contributed by atoms with E-state index in [2.05, 4.69) is 9.97 Å². The van der Waals surface area contributed by atoms with Gasteiger partial charge in [-0.05, 0) is 25.1 Å². The van der Waals surface area contributed by atoms with Crippen molar-refractivity contribution >= 4 is 10.9 Å². The SMILES string of the molecule is Cc1ccc(-c2ccc3ccccc3n2)nc1F. The number of rotatable bonds is 1. The molecule has 0 bridgehead atoms. The third-order valence-electron chi connectivity index (χ3n) is 2.90. The average Bonchev–Trinajstić information content (AvgIpc) is 2.41. The molecule has 0 fully saturated rings. The summed E-state index contributed by atoms with van der Waals surface area (Å²) in [6.45, 7) is 1.69. The van der Waals surface area contributed by atoms with Crippen LogP contribution in [0.3, 0.4) is 0 Å². The van der Waals surface area contributed by atoms with E-state index in [0.29, 0.717) is 17.0 Å². The summed E-state index contributed by atoms with van der Waals surface area (Å²) in [5.74, 6) is -0.442. The van der Waals surface area contributed by atoms with Gasteiger partial charge in [0.05, 0.1) is 16.9 Å². The Hall–Kier alpha value is -2.29. The lowest BCUT2D eigenvalue weighted by Gasteiger charge is -2.03. The van der Waals surface area contributed by atoms with Gasteiger partial charge in [-0.15, -0.1) is 0 Å². The quantitative estimate of drug-likeness (QED) is 0.603. The van der Waals surface area contributed by atoms with E-state index in [1.165, 1.54) is 0 Å². The molecule has 3 rings (SSSR count). The van der Waals surface area contributed by atoms with Crippen LogP contribution in [0.15, 0.2) is 48.5 Å². The normalized spacial score (nSPS) is 10.8. The highest BCUT2D eigenvalue weighted by molar-refractivity contribution is 5.80. The zero-order chi connectivity index (χ0) is 12.5. The molecule has 0 aliphatic heterocycles. The smallest absolute Gasteiger partial charge is 0.216 e. The molecule has 0 radical (unpaired) electrons. The molecule has 88 valence electrons. The Morgan fingerprint density at radius 2 is 1.56 bits per heavy atom. The highest BCUT2D eigenvalue weighted by atomic mass is 19.1. The number of halogens is 1. The zero-order valence-electron chi connectivity index (χ0n) is 9.89. The minimum Gasteiger partial charge on any atom is -0.246 e. The second-order valence-electron chi connectivity index (χ2n) is 4.19. The van der Waals surface area contributed by atoms with Crippen LogP contribution in [0.2, 0.25) is 0 Å². The highest BCUT2D eigenvalue weighted by Gasteiger charge is 2.05. The first kappa shape index (κ1) is 10.8. The maximum absolute atomic E-state index is 13.4. The molecule has 3 aromatic rings. The molecule has 18 heavy (non-hydrogen) atoms. The van der Waals surface area contributed by atoms with E-state index in [-0.39, 0.29) is 0 Å². The van der Waals surface area contributed by atoms with Gasteiger partial charge in [-0.1, -0.05) is 30.3 Å². The fourth-order valence-electron chi connectivity index (χ4n) is 1.86. The van der Waals surface area contributed by atoms with Gasteiger partial charge in [0.25, 0.3) is 0 Å².